The Labute approximate surface area is 286 Å². The number of rotatable bonds is 10. The van der Waals surface area contributed by atoms with E-state index in [9.17, 15) is 13.6 Å². The molecule has 3 aromatic heterocycles. The van der Waals surface area contributed by atoms with Crippen molar-refractivity contribution in [1.82, 2.24) is 24.3 Å². The molecule has 7 rings (SSSR count). The lowest BCUT2D eigenvalue weighted by molar-refractivity contribution is 0.102. The quantitative estimate of drug-likeness (QED) is 0.152. The smallest absolute Gasteiger partial charge is 0.255 e. The van der Waals surface area contributed by atoms with Crippen LogP contribution in [0.4, 0.5) is 30.5 Å². The normalized spacial score (nSPS) is 13.4. The number of hydrogen-bond donors (Lipinski definition) is 2. The van der Waals surface area contributed by atoms with Crippen molar-refractivity contribution < 1.29 is 22.7 Å². The zero-order chi connectivity index (χ0) is 34.6. The van der Waals surface area contributed by atoms with Crippen LogP contribution in [-0.4, -0.2) is 56.9 Å². The molecule has 6 aromatic rings. The molecule has 1 amide bonds. The second-order valence-corrected chi connectivity index (χ2v) is 12.1. The lowest BCUT2D eigenvalue weighted by Crippen LogP contribution is -2.31. The summed E-state index contributed by atoms with van der Waals surface area (Å²) in [5.41, 5.74) is 3.42. The Morgan fingerprint density at radius 3 is 2.48 bits per heavy atom. The zero-order valence-corrected chi connectivity index (χ0v) is 27.3. The molecule has 3 aromatic carbocycles. The highest BCUT2D eigenvalue weighted by molar-refractivity contribution is 6.05. The number of para-hydroxylation sites is 1. The number of benzene rings is 3. The molecule has 50 heavy (non-hydrogen) atoms. The lowest BCUT2D eigenvalue weighted by atomic mass is 10.0. The van der Waals surface area contributed by atoms with Crippen LogP contribution in [0.3, 0.4) is 0 Å². The number of nitrogens with zero attached hydrogens (tertiary/aromatic N) is 5. The Balaban J connectivity index is 1.19. The maximum Gasteiger partial charge on any atom is 0.255 e. The Kier molecular flexibility index (Phi) is 9.43. The zero-order valence-electron chi connectivity index (χ0n) is 27.3. The summed E-state index contributed by atoms with van der Waals surface area (Å²) < 4.78 is 51.4. The van der Waals surface area contributed by atoms with Crippen LogP contribution < -0.4 is 15.4 Å². The summed E-state index contributed by atoms with van der Waals surface area (Å²) in [5.74, 6) is -2.11. The molecule has 0 saturated carbocycles. The molecular formula is C38H34F3N7O2. The highest BCUT2D eigenvalue weighted by Gasteiger charge is 2.21. The van der Waals surface area contributed by atoms with Crippen molar-refractivity contribution in [2.24, 2.45) is 0 Å². The van der Waals surface area contributed by atoms with Gasteiger partial charge in [-0.15, -0.1) is 0 Å². The van der Waals surface area contributed by atoms with E-state index in [4.69, 9.17) is 14.7 Å². The molecule has 0 radical (unpaired) electrons. The van der Waals surface area contributed by atoms with Gasteiger partial charge in [-0.1, -0.05) is 30.7 Å². The van der Waals surface area contributed by atoms with E-state index in [-0.39, 0.29) is 17.3 Å². The van der Waals surface area contributed by atoms with Crippen molar-refractivity contribution in [3.8, 4) is 28.4 Å². The number of piperidine rings is 1. The van der Waals surface area contributed by atoms with Gasteiger partial charge >= 0.3 is 0 Å². The van der Waals surface area contributed by atoms with Gasteiger partial charge in [0.2, 0.25) is 5.95 Å². The number of anilines is 3. The molecule has 9 nitrogen and oxygen atoms in total. The average molecular weight is 678 g/mol. The number of fused-ring (bicyclic) bond motifs is 1. The topological polar surface area (TPSA) is 96.7 Å². The van der Waals surface area contributed by atoms with Crippen LogP contribution in [0, 0.1) is 17.5 Å². The molecule has 1 aliphatic heterocycles. The van der Waals surface area contributed by atoms with E-state index in [2.05, 4.69) is 20.5 Å². The molecule has 1 saturated heterocycles. The van der Waals surface area contributed by atoms with Gasteiger partial charge in [-0.05, 0) is 86.4 Å². The fraction of sp³-hybridized carbons (Fsp3) is 0.211. The number of ether oxygens (including phenoxy) is 1. The number of carbonyl (C=O) groups excluding carboxylic acids is 1. The summed E-state index contributed by atoms with van der Waals surface area (Å²) in [6, 6.07) is 20.4. The second-order valence-electron chi connectivity index (χ2n) is 12.1. The number of likely N-dealkylation sites (tertiary alicyclic amines) is 1. The van der Waals surface area contributed by atoms with Crippen LogP contribution >= 0.6 is 0 Å². The van der Waals surface area contributed by atoms with Gasteiger partial charge in [0, 0.05) is 36.1 Å². The van der Waals surface area contributed by atoms with Gasteiger partial charge < -0.3 is 20.3 Å². The van der Waals surface area contributed by atoms with Gasteiger partial charge in [0.05, 0.1) is 29.9 Å². The van der Waals surface area contributed by atoms with Crippen LogP contribution in [0.2, 0.25) is 0 Å². The van der Waals surface area contributed by atoms with Crippen molar-refractivity contribution in [3.63, 3.8) is 0 Å². The molecule has 0 atom stereocenters. The Bertz CT molecular complexity index is 2160. The van der Waals surface area contributed by atoms with Gasteiger partial charge in [0.1, 0.15) is 34.5 Å². The summed E-state index contributed by atoms with van der Waals surface area (Å²) in [4.78, 5) is 29.5. The van der Waals surface area contributed by atoms with Gasteiger partial charge in [-0.3, -0.25) is 9.20 Å². The van der Waals surface area contributed by atoms with Crippen LogP contribution in [0.15, 0.2) is 91.3 Å². The maximum absolute atomic E-state index is 15.4. The number of nitrogens with one attached hydrogen (secondary N) is 2. The summed E-state index contributed by atoms with van der Waals surface area (Å²) in [6.45, 7) is 2.87. The first-order chi connectivity index (χ1) is 24.4. The monoisotopic (exact) mass is 677 g/mol. The number of imidazole rings is 1. The van der Waals surface area contributed by atoms with Crippen molar-refractivity contribution in [3.05, 3.63) is 120 Å². The number of pyridine rings is 1. The van der Waals surface area contributed by atoms with Crippen molar-refractivity contribution >= 4 is 28.9 Å². The number of halogens is 3. The van der Waals surface area contributed by atoms with E-state index in [1.165, 1.54) is 38.5 Å². The van der Waals surface area contributed by atoms with Crippen molar-refractivity contribution in [1.29, 1.82) is 0 Å². The first-order valence-corrected chi connectivity index (χ1v) is 16.4. The predicted octanol–water partition coefficient (Wildman–Crippen LogP) is 7.91. The summed E-state index contributed by atoms with van der Waals surface area (Å²) >= 11 is 0. The van der Waals surface area contributed by atoms with Gasteiger partial charge in [-0.25, -0.2) is 28.1 Å². The Hall–Kier alpha value is -5.75. The summed E-state index contributed by atoms with van der Waals surface area (Å²) in [6.07, 6.45) is 7.59. The molecule has 4 heterocycles. The van der Waals surface area contributed by atoms with E-state index < -0.39 is 23.2 Å². The molecule has 1 fully saturated rings. The van der Waals surface area contributed by atoms with Crippen LogP contribution in [0.5, 0.6) is 5.75 Å². The fourth-order valence-corrected chi connectivity index (χ4v) is 6.24. The molecule has 0 spiro atoms. The van der Waals surface area contributed by atoms with Gasteiger partial charge in [0.15, 0.2) is 0 Å². The lowest BCUT2D eigenvalue weighted by Gasteiger charge is -2.26. The summed E-state index contributed by atoms with van der Waals surface area (Å²) in [7, 11) is 1.54. The minimum atomic E-state index is -0.880. The standard InChI is InChI=1S/C38H34F3N7O2/c1-50-32-22-24(15-20-47-17-4-2-5-18-47)29(41)23-31(32)44-38-42-16-14-30(43-38)36-34(45-33-13-3-6-19-48(33)36)25-9-7-10-26(21-25)37(49)46-35-27(39)11-8-12-28(35)40/h3,6-14,16,19,21-23H,2,4-5,15,17-18,20H2,1H3,(H,46,49)(H,42,43,44). The van der Waals surface area contributed by atoms with Crippen molar-refractivity contribution in [2.75, 3.05) is 37.4 Å². The Morgan fingerprint density at radius 2 is 1.68 bits per heavy atom. The predicted molar refractivity (Wildman–Crippen MR) is 186 cm³/mol. The maximum atomic E-state index is 15.4. The van der Waals surface area contributed by atoms with Gasteiger partial charge in [-0.2, -0.15) is 0 Å². The van der Waals surface area contributed by atoms with Crippen molar-refractivity contribution in [2.45, 2.75) is 25.7 Å². The number of aromatic nitrogens is 4. The SMILES string of the molecule is COc1cc(CCN2CCCCC2)c(F)cc1Nc1nccc(-c2c(-c3cccc(C(=O)Nc4c(F)cccc4F)c3)nc3ccccn23)n1. The minimum Gasteiger partial charge on any atom is -0.495 e. The van der Waals surface area contributed by atoms with E-state index in [1.807, 2.05) is 28.8 Å². The first-order valence-electron chi connectivity index (χ1n) is 16.4. The molecule has 0 aliphatic carbocycles. The highest BCUT2D eigenvalue weighted by atomic mass is 19.1. The van der Waals surface area contributed by atoms with E-state index in [1.54, 1.807) is 42.6 Å². The molecule has 0 unspecified atom stereocenters. The number of methoxy groups -OCH3 is 1. The van der Waals surface area contributed by atoms with Crippen LogP contribution in [0.1, 0.15) is 35.2 Å². The molecule has 12 heteroatoms. The highest BCUT2D eigenvalue weighted by Crippen LogP contribution is 2.34. The number of hydrogen-bond acceptors (Lipinski definition) is 7. The van der Waals surface area contributed by atoms with Gasteiger partial charge in [0.25, 0.3) is 5.91 Å². The first kappa shape index (κ1) is 32.8. The average Bonchev–Trinajstić information content (AvgIpc) is 3.53. The second kappa shape index (κ2) is 14.4. The Morgan fingerprint density at radius 1 is 0.880 bits per heavy atom. The van der Waals surface area contributed by atoms with E-state index >= 15 is 4.39 Å². The molecular weight excluding hydrogens is 643 g/mol. The summed E-state index contributed by atoms with van der Waals surface area (Å²) in [5, 5.41) is 5.45. The number of carbonyl (C=O) groups is 1. The van der Waals surface area contributed by atoms with E-state index in [0.717, 1.165) is 31.8 Å². The third kappa shape index (κ3) is 6.88. The third-order valence-electron chi connectivity index (χ3n) is 8.79. The van der Waals surface area contributed by atoms with Crippen LogP contribution in [-0.2, 0) is 6.42 Å². The number of amides is 1. The molecule has 2 N–H and O–H groups in total. The minimum absolute atomic E-state index is 0.173. The fourth-order valence-electron chi connectivity index (χ4n) is 6.24. The molecule has 0 bridgehead atoms. The molecule has 254 valence electrons. The van der Waals surface area contributed by atoms with Crippen LogP contribution in [0.25, 0.3) is 28.3 Å². The van der Waals surface area contributed by atoms with E-state index in [0.29, 0.717) is 51.7 Å². The third-order valence-corrected chi connectivity index (χ3v) is 8.79. The largest absolute Gasteiger partial charge is 0.495 e. The molecule has 1 aliphatic rings.